The molecule has 24 heavy (non-hydrogen) atoms. The summed E-state index contributed by atoms with van der Waals surface area (Å²) in [5.74, 6) is -3.61. The fourth-order valence-corrected chi connectivity index (χ4v) is 1.75. The third kappa shape index (κ3) is 3.89. The van der Waals surface area contributed by atoms with Gasteiger partial charge in [-0.2, -0.15) is 0 Å². The van der Waals surface area contributed by atoms with Gasteiger partial charge in [-0.1, -0.05) is 0 Å². The fourth-order valence-electron chi connectivity index (χ4n) is 1.75. The normalized spacial score (nSPS) is 10.8. The van der Waals surface area contributed by atoms with Crippen molar-refractivity contribution in [3.05, 3.63) is 24.3 Å². The van der Waals surface area contributed by atoms with E-state index in [0.29, 0.717) is 9.46 Å². The van der Waals surface area contributed by atoms with Crippen molar-refractivity contribution < 1.29 is 39.7 Å². The summed E-state index contributed by atoms with van der Waals surface area (Å²) in [6.07, 6.45) is 0. The van der Waals surface area contributed by atoms with Crippen LogP contribution in [0.3, 0.4) is 0 Å². The van der Waals surface area contributed by atoms with Crippen molar-refractivity contribution in [1.82, 2.24) is 14.4 Å². The maximum atomic E-state index is 11.7. The molecule has 0 unspecified atom stereocenters. The fraction of sp³-hybridized carbons (Fsp3) is 0.231. The molecule has 0 aromatic carbocycles. The molecule has 0 radical (unpaired) electrons. The molecule has 11 heteroatoms. The Morgan fingerprint density at radius 1 is 0.833 bits per heavy atom. The molecule has 0 bridgehead atoms. The van der Waals surface area contributed by atoms with Gasteiger partial charge in [0.25, 0.3) is 0 Å². The predicted octanol–water partition coefficient (Wildman–Crippen LogP) is -1.35. The molecule has 0 spiro atoms. The summed E-state index contributed by atoms with van der Waals surface area (Å²) in [6, 6.07) is 4.50. The lowest BCUT2D eigenvalue weighted by molar-refractivity contribution is -0.150. The molecular weight excluding hydrogens is 326 g/mol. The van der Waals surface area contributed by atoms with E-state index >= 15 is 0 Å². The van der Waals surface area contributed by atoms with Crippen LogP contribution in [0.1, 0.15) is 0 Å². The Balaban J connectivity index is 1.85. The maximum Gasteiger partial charge on any atom is 0.347 e. The molecule has 0 fully saturated rings. The van der Waals surface area contributed by atoms with Crippen molar-refractivity contribution in [2.45, 2.75) is 0 Å². The highest BCUT2D eigenvalue weighted by atomic mass is 16.7. The number of rotatable bonds is 6. The van der Waals surface area contributed by atoms with E-state index in [-0.39, 0.29) is 13.1 Å². The molecule has 2 heterocycles. The summed E-state index contributed by atoms with van der Waals surface area (Å²) in [7, 11) is 1.41. The Hall–Kier alpha value is -3.34. The van der Waals surface area contributed by atoms with Gasteiger partial charge in [0.1, 0.15) is 0 Å². The van der Waals surface area contributed by atoms with Crippen LogP contribution in [0.2, 0.25) is 0 Å². The van der Waals surface area contributed by atoms with Gasteiger partial charge >= 0.3 is 11.9 Å². The molecule has 0 aliphatic rings. The number of nitrogens with zero attached hydrogens (tertiary/aromatic N) is 3. The third-order valence-electron chi connectivity index (χ3n) is 2.78. The minimum atomic E-state index is -0.862. The van der Waals surface area contributed by atoms with E-state index in [0.717, 1.165) is 24.3 Å². The standard InChI is InChI=1S/C13H15N3O8/c1-14(6-12(21)23-15-8(17)2-3-9(15)18)7-13(22)24-16-10(19)4-5-11(16)20/h2-5,17-20H,6-7H2,1H3. The number of likely N-dealkylation sites (N-methyl/N-ethyl adjacent to an activating group) is 1. The first-order valence-electron chi connectivity index (χ1n) is 6.58. The zero-order valence-corrected chi connectivity index (χ0v) is 12.5. The summed E-state index contributed by atoms with van der Waals surface area (Å²) < 4.78 is 1.04. The average Bonchev–Trinajstić information content (AvgIpc) is 2.97. The second-order valence-corrected chi connectivity index (χ2v) is 4.79. The largest absolute Gasteiger partial charge is 0.492 e. The second-order valence-electron chi connectivity index (χ2n) is 4.79. The van der Waals surface area contributed by atoms with E-state index in [1.807, 2.05) is 0 Å². The van der Waals surface area contributed by atoms with E-state index in [4.69, 9.17) is 9.68 Å². The SMILES string of the molecule is CN(CC(=O)On1c(O)ccc1O)CC(=O)On1c(O)ccc1O. The number of hydrogen-bond acceptors (Lipinski definition) is 9. The molecule has 0 aliphatic carbocycles. The van der Waals surface area contributed by atoms with E-state index < -0.39 is 35.5 Å². The Bertz CT molecular complexity index is 649. The van der Waals surface area contributed by atoms with Crippen LogP contribution >= 0.6 is 0 Å². The van der Waals surface area contributed by atoms with Crippen molar-refractivity contribution in [2.24, 2.45) is 0 Å². The molecule has 0 amide bonds. The van der Waals surface area contributed by atoms with E-state index in [1.165, 1.54) is 11.9 Å². The van der Waals surface area contributed by atoms with Crippen LogP contribution in [0.5, 0.6) is 23.5 Å². The molecule has 0 saturated carbocycles. The maximum absolute atomic E-state index is 11.7. The van der Waals surface area contributed by atoms with Gasteiger partial charge in [0, 0.05) is 24.3 Å². The lowest BCUT2D eigenvalue weighted by Crippen LogP contribution is -2.38. The third-order valence-corrected chi connectivity index (χ3v) is 2.78. The van der Waals surface area contributed by atoms with Crippen LogP contribution in [0.4, 0.5) is 0 Å². The van der Waals surface area contributed by atoms with Gasteiger partial charge in [0.05, 0.1) is 13.1 Å². The molecule has 0 saturated heterocycles. The lowest BCUT2D eigenvalue weighted by atomic mass is 10.5. The smallest absolute Gasteiger partial charge is 0.347 e. The van der Waals surface area contributed by atoms with Crippen LogP contribution < -0.4 is 9.68 Å². The quantitative estimate of drug-likeness (QED) is 0.501. The van der Waals surface area contributed by atoms with Gasteiger partial charge in [-0.3, -0.25) is 4.90 Å². The molecule has 130 valence electrons. The molecule has 11 nitrogen and oxygen atoms in total. The Labute approximate surface area is 135 Å². The Morgan fingerprint density at radius 2 is 1.12 bits per heavy atom. The molecule has 2 aromatic rings. The number of carbonyl (C=O) groups excluding carboxylic acids is 2. The average molecular weight is 341 g/mol. The Morgan fingerprint density at radius 3 is 1.42 bits per heavy atom. The van der Waals surface area contributed by atoms with Crippen molar-refractivity contribution in [1.29, 1.82) is 0 Å². The zero-order chi connectivity index (χ0) is 17.9. The first kappa shape index (κ1) is 17.0. The van der Waals surface area contributed by atoms with Crippen LogP contribution in [0.25, 0.3) is 0 Å². The van der Waals surface area contributed by atoms with E-state index in [2.05, 4.69) is 0 Å². The molecular formula is C13H15N3O8. The molecule has 0 atom stereocenters. The van der Waals surface area contributed by atoms with Crippen LogP contribution in [-0.4, -0.2) is 66.9 Å². The summed E-state index contributed by atoms with van der Waals surface area (Å²) in [5.41, 5.74) is 0. The molecule has 4 N–H and O–H groups in total. The summed E-state index contributed by atoms with van der Waals surface area (Å²) in [4.78, 5) is 34.0. The van der Waals surface area contributed by atoms with Crippen LogP contribution in [-0.2, 0) is 9.59 Å². The van der Waals surface area contributed by atoms with Gasteiger partial charge in [-0.15, -0.1) is 9.46 Å². The van der Waals surface area contributed by atoms with Gasteiger partial charge in [0.15, 0.2) is 0 Å². The minimum absolute atomic E-state index is 0.365. The lowest BCUT2D eigenvalue weighted by Gasteiger charge is -2.15. The van der Waals surface area contributed by atoms with E-state index in [9.17, 15) is 30.0 Å². The highest BCUT2D eigenvalue weighted by Gasteiger charge is 2.18. The van der Waals surface area contributed by atoms with Crippen molar-refractivity contribution in [3.8, 4) is 23.5 Å². The van der Waals surface area contributed by atoms with Gasteiger partial charge < -0.3 is 30.1 Å². The number of aromatic nitrogens is 2. The van der Waals surface area contributed by atoms with Gasteiger partial charge in [0.2, 0.25) is 23.5 Å². The topological polar surface area (TPSA) is 147 Å². The van der Waals surface area contributed by atoms with Gasteiger partial charge in [-0.25, -0.2) is 9.59 Å². The van der Waals surface area contributed by atoms with Crippen molar-refractivity contribution in [3.63, 3.8) is 0 Å². The molecule has 0 aliphatic heterocycles. The summed E-state index contributed by atoms with van der Waals surface area (Å²) in [6.45, 7) is -0.731. The monoisotopic (exact) mass is 341 g/mol. The number of carbonyl (C=O) groups is 2. The zero-order valence-electron chi connectivity index (χ0n) is 12.5. The minimum Gasteiger partial charge on any atom is -0.492 e. The Kier molecular flexibility index (Phi) is 4.84. The second kappa shape index (κ2) is 6.83. The van der Waals surface area contributed by atoms with Crippen molar-refractivity contribution >= 4 is 11.9 Å². The number of hydrogen-bond donors (Lipinski definition) is 4. The summed E-state index contributed by atoms with van der Waals surface area (Å²) in [5, 5.41) is 37.4. The highest BCUT2D eigenvalue weighted by Crippen LogP contribution is 2.19. The van der Waals surface area contributed by atoms with Gasteiger partial charge in [-0.05, 0) is 7.05 Å². The van der Waals surface area contributed by atoms with E-state index in [1.54, 1.807) is 0 Å². The first-order chi connectivity index (χ1) is 11.3. The first-order valence-corrected chi connectivity index (χ1v) is 6.58. The molecule has 2 aromatic heterocycles. The van der Waals surface area contributed by atoms with Crippen LogP contribution in [0, 0.1) is 0 Å². The summed E-state index contributed by atoms with van der Waals surface area (Å²) >= 11 is 0. The van der Waals surface area contributed by atoms with Crippen LogP contribution in [0.15, 0.2) is 24.3 Å². The van der Waals surface area contributed by atoms with Crippen molar-refractivity contribution in [2.75, 3.05) is 20.1 Å². The predicted molar refractivity (Wildman–Crippen MR) is 76.2 cm³/mol. The number of aromatic hydroxyl groups is 4. The highest BCUT2D eigenvalue weighted by molar-refractivity contribution is 5.75. The molecule has 2 rings (SSSR count).